The van der Waals surface area contributed by atoms with Gasteiger partial charge < -0.3 is 0 Å². The lowest BCUT2D eigenvalue weighted by atomic mass is 9.96. The van der Waals surface area contributed by atoms with Gasteiger partial charge in [-0.15, -0.1) is 0 Å². The van der Waals surface area contributed by atoms with Crippen molar-refractivity contribution in [1.29, 1.82) is 5.26 Å². The Balaban J connectivity index is 4.02. The summed E-state index contributed by atoms with van der Waals surface area (Å²) in [5, 5.41) is 14.9. The third kappa shape index (κ3) is 8.37. The lowest BCUT2D eigenvalue weighted by molar-refractivity contribution is -0.136. The third-order valence-electron chi connectivity index (χ3n) is 2.17. The predicted molar refractivity (Wildman–Crippen MR) is 55.9 cm³/mol. The number of nitrogens with one attached hydrogen (secondary N) is 1. The Labute approximate surface area is 97.2 Å². The summed E-state index contributed by atoms with van der Waals surface area (Å²) < 4.78 is 35.8. The van der Waals surface area contributed by atoms with Gasteiger partial charge in [0.1, 0.15) is 5.54 Å². The van der Waals surface area contributed by atoms with Gasteiger partial charge in [0, 0.05) is 24.4 Å². The number of halogens is 3. The zero-order valence-electron chi connectivity index (χ0n) is 9.46. The summed E-state index contributed by atoms with van der Waals surface area (Å²) in [4.78, 5) is 2.53. The standard InChI is InChI=1S/C9H14F3N5/c1-8(7-13,15-5-6-16-17-14)3-2-4-9(10,11)12/h15H,2-6H2,1H3. The zero-order chi connectivity index (χ0) is 13.4. The van der Waals surface area contributed by atoms with Crippen molar-refractivity contribution in [2.75, 3.05) is 13.1 Å². The van der Waals surface area contributed by atoms with Crippen molar-refractivity contribution < 1.29 is 13.2 Å². The van der Waals surface area contributed by atoms with Crippen molar-refractivity contribution in [3.8, 4) is 6.07 Å². The van der Waals surface area contributed by atoms with Gasteiger partial charge >= 0.3 is 6.18 Å². The SMILES string of the molecule is CC(C#N)(CCCC(F)(F)F)NCCN=[N+]=[N-]. The Morgan fingerprint density at radius 2 is 2.06 bits per heavy atom. The first kappa shape index (κ1) is 15.6. The largest absolute Gasteiger partial charge is 0.389 e. The van der Waals surface area contributed by atoms with Gasteiger partial charge in [-0.2, -0.15) is 18.4 Å². The van der Waals surface area contributed by atoms with Crippen molar-refractivity contribution in [2.24, 2.45) is 5.11 Å². The molecule has 0 aliphatic heterocycles. The minimum atomic E-state index is -4.19. The molecule has 0 spiro atoms. The maximum atomic E-state index is 11.9. The molecule has 0 aromatic carbocycles. The second kappa shape index (κ2) is 6.99. The van der Waals surface area contributed by atoms with Gasteiger partial charge in [-0.05, 0) is 25.3 Å². The second-order valence-electron chi connectivity index (χ2n) is 3.79. The van der Waals surface area contributed by atoms with E-state index in [2.05, 4.69) is 15.3 Å². The lowest BCUT2D eigenvalue weighted by Crippen LogP contribution is -2.42. The van der Waals surface area contributed by atoms with E-state index in [0.717, 1.165) is 0 Å². The van der Waals surface area contributed by atoms with Gasteiger partial charge in [0.25, 0.3) is 0 Å². The van der Waals surface area contributed by atoms with E-state index < -0.39 is 18.1 Å². The third-order valence-corrected chi connectivity index (χ3v) is 2.17. The van der Waals surface area contributed by atoms with Gasteiger partial charge in [-0.1, -0.05) is 5.11 Å². The van der Waals surface area contributed by atoms with Crippen LogP contribution in [0, 0.1) is 11.3 Å². The average molecular weight is 249 g/mol. The molecule has 0 aliphatic carbocycles. The Bertz CT molecular complexity index is 316. The predicted octanol–water partition coefficient (Wildman–Crippen LogP) is 2.90. The number of nitriles is 1. The van der Waals surface area contributed by atoms with E-state index in [-0.39, 0.29) is 25.9 Å². The average Bonchev–Trinajstić information content (AvgIpc) is 2.23. The van der Waals surface area contributed by atoms with E-state index in [1.165, 1.54) is 6.92 Å². The molecule has 0 radical (unpaired) electrons. The molecule has 0 saturated heterocycles. The molecular formula is C9H14F3N5. The lowest BCUT2D eigenvalue weighted by Gasteiger charge is -2.23. The van der Waals surface area contributed by atoms with Crippen LogP contribution in [0.2, 0.25) is 0 Å². The van der Waals surface area contributed by atoms with Crippen molar-refractivity contribution in [3.05, 3.63) is 10.4 Å². The van der Waals surface area contributed by atoms with Crippen LogP contribution in [0.5, 0.6) is 0 Å². The van der Waals surface area contributed by atoms with Crippen LogP contribution in [0.25, 0.3) is 10.4 Å². The number of azide groups is 1. The van der Waals surface area contributed by atoms with E-state index in [4.69, 9.17) is 10.8 Å². The maximum Gasteiger partial charge on any atom is 0.389 e. The molecule has 5 nitrogen and oxygen atoms in total. The molecule has 0 aliphatic rings. The number of hydrogen-bond acceptors (Lipinski definition) is 3. The molecule has 1 N–H and O–H groups in total. The Morgan fingerprint density at radius 1 is 1.41 bits per heavy atom. The van der Waals surface area contributed by atoms with Crippen LogP contribution in [0.4, 0.5) is 13.2 Å². The van der Waals surface area contributed by atoms with E-state index >= 15 is 0 Å². The summed E-state index contributed by atoms with van der Waals surface area (Å²) in [6.45, 7) is 1.95. The molecule has 96 valence electrons. The van der Waals surface area contributed by atoms with Crippen LogP contribution >= 0.6 is 0 Å². The number of alkyl halides is 3. The van der Waals surface area contributed by atoms with Gasteiger partial charge in [-0.25, -0.2) is 0 Å². The fourth-order valence-electron chi connectivity index (χ4n) is 1.25. The molecule has 1 atom stereocenters. The minimum absolute atomic E-state index is 0.0965. The Kier molecular flexibility index (Phi) is 6.39. The quantitative estimate of drug-likeness (QED) is 0.325. The van der Waals surface area contributed by atoms with Crippen LogP contribution in [0.1, 0.15) is 26.2 Å². The Morgan fingerprint density at radius 3 is 2.53 bits per heavy atom. The van der Waals surface area contributed by atoms with E-state index in [1.807, 2.05) is 6.07 Å². The highest BCUT2D eigenvalue weighted by Crippen LogP contribution is 2.24. The molecule has 0 saturated carbocycles. The van der Waals surface area contributed by atoms with Gasteiger partial charge in [0.05, 0.1) is 6.07 Å². The van der Waals surface area contributed by atoms with Crippen molar-refractivity contribution >= 4 is 0 Å². The van der Waals surface area contributed by atoms with Crippen molar-refractivity contribution in [3.63, 3.8) is 0 Å². The summed E-state index contributed by atoms with van der Waals surface area (Å²) in [7, 11) is 0. The van der Waals surface area contributed by atoms with E-state index in [1.54, 1.807) is 0 Å². The van der Waals surface area contributed by atoms with Crippen LogP contribution in [-0.4, -0.2) is 24.8 Å². The number of hydrogen-bond donors (Lipinski definition) is 1. The number of rotatable bonds is 7. The molecule has 0 fully saturated rings. The highest BCUT2D eigenvalue weighted by atomic mass is 19.4. The maximum absolute atomic E-state index is 11.9. The molecule has 0 aromatic rings. The van der Waals surface area contributed by atoms with E-state index in [9.17, 15) is 13.2 Å². The minimum Gasteiger partial charge on any atom is -0.299 e. The van der Waals surface area contributed by atoms with Crippen LogP contribution in [-0.2, 0) is 0 Å². The van der Waals surface area contributed by atoms with Gasteiger partial charge in [-0.3, -0.25) is 5.32 Å². The zero-order valence-corrected chi connectivity index (χ0v) is 9.46. The first-order chi connectivity index (χ1) is 7.83. The summed E-state index contributed by atoms with van der Waals surface area (Å²) in [5.74, 6) is 0. The first-order valence-corrected chi connectivity index (χ1v) is 5.07. The van der Waals surface area contributed by atoms with Gasteiger partial charge in [0.2, 0.25) is 0 Å². The molecule has 0 bridgehead atoms. The highest BCUT2D eigenvalue weighted by molar-refractivity contribution is 5.03. The Hall–Kier alpha value is -1.45. The number of nitrogens with zero attached hydrogens (tertiary/aromatic N) is 4. The van der Waals surface area contributed by atoms with Crippen LogP contribution in [0.15, 0.2) is 5.11 Å². The molecule has 0 amide bonds. The highest BCUT2D eigenvalue weighted by Gasteiger charge is 2.29. The smallest absolute Gasteiger partial charge is 0.299 e. The fourth-order valence-corrected chi connectivity index (χ4v) is 1.25. The summed E-state index contributed by atoms with van der Waals surface area (Å²) in [6.07, 6.45) is -5.11. The first-order valence-electron chi connectivity index (χ1n) is 5.07. The molecule has 0 heterocycles. The van der Waals surface area contributed by atoms with Crippen LogP contribution < -0.4 is 5.32 Å². The normalized spacial score (nSPS) is 14.5. The molecule has 1 unspecified atom stereocenters. The topological polar surface area (TPSA) is 84.6 Å². The molecule has 8 heteroatoms. The van der Waals surface area contributed by atoms with Gasteiger partial charge in [0.15, 0.2) is 0 Å². The molecular weight excluding hydrogens is 235 g/mol. The summed E-state index contributed by atoms with van der Waals surface area (Å²) >= 11 is 0. The van der Waals surface area contributed by atoms with E-state index in [0.29, 0.717) is 0 Å². The molecule has 0 rings (SSSR count). The summed E-state index contributed by atoms with van der Waals surface area (Å²) in [5.41, 5.74) is 7.01. The monoisotopic (exact) mass is 249 g/mol. The fraction of sp³-hybridized carbons (Fsp3) is 0.889. The molecule has 0 aromatic heterocycles. The van der Waals surface area contributed by atoms with Crippen LogP contribution in [0.3, 0.4) is 0 Å². The van der Waals surface area contributed by atoms with Crippen molar-refractivity contribution in [2.45, 2.75) is 37.9 Å². The van der Waals surface area contributed by atoms with Crippen molar-refractivity contribution in [1.82, 2.24) is 5.32 Å². The second-order valence-corrected chi connectivity index (χ2v) is 3.79. The molecule has 17 heavy (non-hydrogen) atoms. The summed E-state index contributed by atoms with van der Waals surface area (Å²) in [6, 6.07) is 1.93.